The summed E-state index contributed by atoms with van der Waals surface area (Å²) in [6.45, 7) is 0.664. The minimum Gasteiger partial charge on any atom is -0.355 e. The molecule has 0 aliphatic rings. The van der Waals surface area contributed by atoms with Gasteiger partial charge in [0.05, 0.1) is 6.54 Å². The van der Waals surface area contributed by atoms with Gasteiger partial charge in [0.1, 0.15) is 0 Å². The molecule has 0 saturated carbocycles. The van der Waals surface area contributed by atoms with E-state index >= 15 is 0 Å². The fraction of sp³-hybridized carbons (Fsp3) is 0.250. The molecule has 3 nitrogen and oxygen atoms in total. The van der Waals surface area contributed by atoms with Crippen molar-refractivity contribution >= 4 is 5.91 Å². The molecule has 0 bridgehead atoms. The van der Waals surface area contributed by atoms with Crippen molar-refractivity contribution in [3.8, 4) is 11.8 Å². The van der Waals surface area contributed by atoms with Crippen LogP contribution in [0.15, 0.2) is 24.3 Å². The van der Waals surface area contributed by atoms with Gasteiger partial charge in [0.2, 0.25) is 0 Å². The van der Waals surface area contributed by atoms with Gasteiger partial charge in [-0.3, -0.25) is 4.79 Å². The van der Waals surface area contributed by atoms with Gasteiger partial charge in [0.15, 0.2) is 0 Å². The minimum absolute atomic E-state index is 0.0789. The average molecular weight is 202 g/mol. The molecular formula is C12H14N2O. The zero-order chi connectivity index (χ0) is 11.1. The largest absolute Gasteiger partial charge is 0.355 e. The van der Waals surface area contributed by atoms with Crippen molar-refractivity contribution in [2.24, 2.45) is 0 Å². The summed E-state index contributed by atoms with van der Waals surface area (Å²) in [5, 5.41) is 5.51. The lowest BCUT2D eigenvalue weighted by Gasteiger charge is -1.98. The monoisotopic (exact) mass is 202 g/mol. The first kappa shape index (κ1) is 11.3. The fourth-order valence-corrected chi connectivity index (χ4v) is 1.08. The molecule has 1 aromatic carbocycles. The molecule has 3 heteroatoms. The summed E-state index contributed by atoms with van der Waals surface area (Å²) < 4.78 is 0. The van der Waals surface area contributed by atoms with Crippen LogP contribution in [0, 0.1) is 11.8 Å². The summed E-state index contributed by atoms with van der Waals surface area (Å²) in [5.41, 5.74) is 1.56. The highest BCUT2D eigenvalue weighted by Gasteiger charge is 2.00. The van der Waals surface area contributed by atoms with Crippen molar-refractivity contribution in [3.63, 3.8) is 0 Å². The Labute approximate surface area is 89.9 Å². The Hall–Kier alpha value is -1.79. The number of hydrogen-bond donors (Lipinski definition) is 2. The Morgan fingerprint density at radius 1 is 1.27 bits per heavy atom. The summed E-state index contributed by atoms with van der Waals surface area (Å²) >= 11 is 0. The van der Waals surface area contributed by atoms with E-state index in [-0.39, 0.29) is 5.91 Å². The maximum absolute atomic E-state index is 11.2. The Morgan fingerprint density at radius 3 is 2.47 bits per heavy atom. The topological polar surface area (TPSA) is 41.1 Å². The van der Waals surface area contributed by atoms with Gasteiger partial charge in [-0.1, -0.05) is 11.8 Å². The van der Waals surface area contributed by atoms with Crippen LogP contribution < -0.4 is 10.6 Å². The van der Waals surface area contributed by atoms with Gasteiger partial charge in [-0.25, -0.2) is 0 Å². The molecule has 0 fully saturated rings. The average Bonchev–Trinajstić information content (AvgIpc) is 2.29. The predicted molar refractivity (Wildman–Crippen MR) is 60.6 cm³/mol. The maximum Gasteiger partial charge on any atom is 0.251 e. The Bertz CT molecular complexity index is 384. The van der Waals surface area contributed by atoms with Crippen molar-refractivity contribution < 1.29 is 4.79 Å². The van der Waals surface area contributed by atoms with Crippen LogP contribution in [0.4, 0.5) is 0 Å². The quantitative estimate of drug-likeness (QED) is 0.690. The van der Waals surface area contributed by atoms with Crippen molar-refractivity contribution in [2.45, 2.75) is 0 Å². The smallest absolute Gasteiger partial charge is 0.251 e. The van der Waals surface area contributed by atoms with E-state index in [9.17, 15) is 4.79 Å². The molecule has 78 valence electrons. The summed E-state index contributed by atoms with van der Waals surface area (Å²) in [7, 11) is 3.46. The first-order valence-electron chi connectivity index (χ1n) is 4.73. The van der Waals surface area contributed by atoms with E-state index in [1.807, 2.05) is 19.2 Å². The summed E-state index contributed by atoms with van der Waals surface area (Å²) in [5.74, 6) is 5.86. The summed E-state index contributed by atoms with van der Waals surface area (Å²) in [6, 6.07) is 7.21. The Balaban J connectivity index is 2.73. The summed E-state index contributed by atoms with van der Waals surface area (Å²) in [4.78, 5) is 11.2. The van der Waals surface area contributed by atoms with Crippen LogP contribution in [0.25, 0.3) is 0 Å². The number of hydrogen-bond acceptors (Lipinski definition) is 2. The molecule has 1 aromatic rings. The van der Waals surface area contributed by atoms with Gasteiger partial charge in [-0.05, 0) is 31.3 Å². The van der Waals surface area contributed by atoms with Crippen molar-refractivity contribution in [2.75, 3.05) is 20.6 Å². The van der Waals surface area contributed by atoms with E-state index in [0.29, 0.717) is 12.1 Å². The Kier molecular flexibility index (Phi) is 4.39. The zero-order valence-electron chi connectivity index (χ0n) is 8.92. The lowest BCUT2D eigenvalue weighted by Crippen LogP contribution is -2.17. The van der Waals surface area contributed by atoms with Crippen LogP contribution in [-0.2, 0) is 0 Å². The van der Waals surface area contributed by atoms with E-state index in [1.54, 1.807) is 19.2 Å². The second-order valence-corrected chi connectivity index (χ2v) is 2.99. The van der Waals surface area contributed by atoms with Crippen LogP contribution in [0.5, 0.6) is 0 Å². The molecule has 0 radical (unpaired) electrons. The molecule has 0 spiro atoms. The lowest BCUT2D eigenvalue weighted by atomic mass is 10.1. The highest BCUT2D eigenvalue weighted by molar-refractivity contribution is 5.94. The SMILES string of the molecule is CNCC#Cc1ccc(C(=O)NC)cc1. The van der Waals surface area contributed by atoms with Gasteiger partial charge in [0, 0.05) is 18.2 Å². The zero-order valence-corrected chi connectivity index (χ0v) is 8.92. The van der Waals surface area contributed by atoms with Crippen LogP contribution in [-0.4, -0.2) is 26.5 Å². The first-order chi connectivity index (χ1) is 7.27. The van der Waals surface area contributed by atoms with Gasteiger partial charge in [-0.2, -0.15) is 0 Å². The number of carbonyl (C=O) groups excluding carboxylic acids is 1. The van der Waals surface area contributed by atoms with Crippen LogP contribution in [0.1, 0.15) is 15.9 Å². The van der Waals surface area contributed by atoms with Crippen LogP contribution in [0.2, 0.25) is 0 Å². The van der Waals surface area contributed by atoms with Gasteiger partial charge in [0.25, 0.3) is 5.91 Å². The first-order valence-corrected chi connectivity index (χ1v) is 4.73. The second kappa shape index (κ2) is 5.84. The molecule has 0 unspecified atom stereocenters. The van der Waals surface area contributed by atoms with E-state index in [4.69, 9.17) is 0 Å². The minimum atomic E-state index is -0.0789. The fourth-order valence-electron chi connectivity index (χ4n) is 1.08. The molecule has 0 saturated heterocycles. The molecule has 0 aliphatic heterocycles. The normalized spacial score (nSPS) is 8.93. The van der Waals surface area contributed by atoms with Crippen LogP contribution >= 0.6 is 0 Å². The van der Waals surface area contributed by atoms with Crippen LogP contribution in [0.3, 0.4) is 0 Å². The van der Waals surface area contributed by atoms with E-state index in [0.717, 1.165) is 5.56 Å². The van der Waals surface area contributed by atoms with E-state index in [1.165, 1.54) is 0 Å². The number of benzene rings is 1. The molecule has 0 heterocycles. The van der Waals surface area contributed by atoms with E-state index < -0.39 is 0 Å². The van der Waals surface area contributed by atoms with Crippen molar-refractivity contribution in [1.29, 1.82) is 0 Å². The molecule has 0 aromatic heterocycles. The summed E-state index contributed by atoms with van der Waals surface area (Å²) in [6.07, 6.45) is 0. The predicted octanol–water partition coefficient (Wildman–Crippen LogP) is 0.617. The standard InChI is InChI=1S/C12H14N2O/c1-13-9-3-4-10-5-7-11(8-6-10)12(15)14-2/h5-8,13H,9H2,1-2H3,(H,14,15). The van der Waals surface area contributed by atoms with E-state index in [2.05, 4.69) is 22.5 Å². The number of rotatable bonds is 2. The molecular weight excluding hydrogens is 188 g/mol. The number of amides is 1. The highest BCUT2D eigenvalue weighted by Crippen LogP contribution is 2.02. The molecule has 0 atom stereocenters. The molecule has 1 rings (SSSR count). The second-order valence-electron chi connectivity index (χ2n) is 2.99. The van der Waals surface area contributed by atoms with Gasteiger partial charge in [-0.15, -0.1) is 0 Å². The third-order valence-electron chi connectivity index (χ3n) is 1.87. The molecule has 0 aliphatic carbocycles. The third-order valence-corrected chi connectivity index (χ3v) is 1.87. The molecule has 2 N–H and O–H groups in total. The molecule has 1 amide bonds. The van der Waals surface area contributed by atoms with Crippen molar-refractivity contribution in [1.82, 2.24) is 10.6 Å². The lowest BCUT2D eigenvalue weighted by molar-refractivity contribution is 0.0963. The number of nitrogens with one attached hydrogen (secondary N) is 2. The highest BCUT2D eigenvalue weighted by atomic mass is 16.1. The Morgan fingerprint density at radius 2 is 1.93 bits per heavy atom. The van der Waals surface area contributed by atoms with Gasteiger partial charge < -0.3 is 10.6 Å². The maximum atomic E-state index is 11.2. The van der Waals surface area contributed by atoms with Gasteiger partial charge >= 0.3 is 0 Å². The third kappa shape index (κ3) is 3.45. The number of carbonyl (C=O) groups is 1. The van der Waals surface area contributed by atoms with Crippen molar-refractivity contribution in [3.05, 3.63) is 35.4 Å². The molecule has 15 heavy (non-hydrogen) atoms.